The Hall–Kier alpha value is -2.08. The van der Waals surface area contributed by atoms with Crippen LogP contribution in [0.1, 0.15) is 19.3 Å². The van der Waals surface area contributed by atoms with Crippen LogP contribution < -0.4 is 11.1 Å². The highest BCUT2D eigenvalue weighted by Gasteiger charge is 2.16. The number of fused-ring (bicyclic) bond motifs is 1. The van der Waals surface area contributed by atoms with Gasteiger partial charge in [0.1, 0.15) is 0 Å². The van der Waals surface area contributed by atoms with E-state index in [4.69, 9.17) is 9.15 Å². The minimum atomic E-state index is -0.371. The van der Waals surface area contributed by atoms with Crippen molar-refractivity contribution in [1.29, 1.82) is 0 Å². The van der Waals surface area contributed by atoms with E-state index in [1.807, 2.05) is 18.2 Å². The summed E-state index contributed by atoms with van der Waals surface area (Å²) in [6, 6.07) is 7.31. The molecule has 1 saturated heterocycles. The van der Waals surface area contributed by atoms with Crippen LogP contribution in [0, 0.1) is 5.92 Å². The predicted molar refractivity (Wildman–Crippen MR) is 81.6 cm³/mol. The van der Waals surface area contributed by atoms with Crippen molar-refractivity contribution in [2.45, 2.75) is 25.8 Å². The van der Waals surface area contributed by atoms with Crippen molar-refractivity contribution in [3.05, 3.63) is 34.8 Å². The summed E-state index contributed by atoms with van der Waals surface area (Å²) in [4.78, 5) is 23.6. The number of ether oxygens (including phenoxy) is 1. The zero-order valence-electron chi connectivity index (χ0n) is 12.4. The maximum Gasteiger partial charge on any atom is 0.419 e. The molecule has 1 aromatic carbocycles. The van der Waals surface area contributed by atoms with Crippen molar-refractivity contribution in [3.63, 3.8) is 0 Å². The number of nitrogens with zero attached hydrogens (tertiary/aromatic N) is 1. The summed E-state index contributed by atoms with van der Waals surface area (Å²) >= 11 is 0. The summed E-state index contributed by atoms with van der Waals surface area (Å²) in [5.74, 6) is 0.0850. The van der Waals surface area contributed by atoms with Gasteiger partial charge in [0.15, 0.2) is 5.58 Å². The van der Waals surface area contributed by atoms with Crippen LogP contribution >= 0.6 is 0 Å². The van der Waals surface area contributed by atoms with Crippen molar-refractivity contribution in [2.24, 2.45) is 5.92 Å². The van der Waals surface area contributed by atoms with Gasteiger partial charge in [0.2, 0.25) is 5.91 Å². The Morgan fingerprint density at radius 1 is 1.36 bits per heavy atom. The fourth-order valence-corrected chi connectivity index (χ4v) is 2.71. The largest absolute Gasteiger partial charge is 0.419 e. The van der Waals surface area contributed by atoms with Gasteiger partial charge < -0.3 is 14.5 Å². The molecule has 1 aromatic heterocycles. The number of carbonyl (C=O) groups is 1. The highest BCUT2D eigenvalue weighted by Crippen LogP contribution is 2.13. The Kier molecular flexibility index (Phi) is 4.58. The molecule has 0 aliphatic carbocycles. The Morgan fingerprint density at radius 2 is 2.23 bits per heavy atom. The molecule has 1 N–H and O–H groups in total. The van der Waals surface area contributed by atoms with E-state index in [0.717, 1.165) is 25.2 Å². The first kappa shape index (κ1) is 14.8. The number of nitrogens with one attached hydrogen (secondary N) is 1. The number of hydrogen-bond donors (Lipinski definition) is 1. The van der Waals surface area contributed by atoms with E-state index in [2.05, 4.69) is 5.32 Å². The normalized spacial score (nSPS) is 17.9. The van der Waals surface area contributed by atoms with Crippen molar-refractivity contribution in [2.75, 3.05) is 19.8 Å². The maximum atomic E-state index is 11.8. The van der Waals surface area contributed by atoms with Gasteiger partial charge in [-0.15, -0.1) is 0 Å². The lowest BCUT2D eigenvalue weighted by molar-refractivity contribution is -0.121. The van der Waals surface area contributed by atoms with Crippen molar-refractivity contribution < 1.29 is 13.9 Å². The monoisotopic (exact) mass is 304 g/mol. The Balaban J connectivity index is 1.48. The maximum absolute atomic E-state index is 11.8. The highest BCUT2D eigenvalue weighted by molar-refractivity contribution is 5.76. The summed E-state index contributed by atoms with van der Waals surface area (Å²) in [5.41, 5.74) is 1.36. The lowest BCUT2D eigenvalue weighted by Crippen LogP contribution is -2.29. The first-order valence-corrected chi connectivity index (χ1v) is 7.67. The summed E-state index contributed by atoms with van der Waals surface area (Å²) in [7, 11) is 0. The molecule has 1 atom stereocenters. The van der Waals surface area contributed by atoms with E-state index in [0.29, 0.717) is 37.4 Å². The molecule has 1 fully saturated rings. The SMILES string of the molecule is O=C(CCCn1c(=O)oc2ccccc21)NCC1CCOC1. The molecule has 1 amide bonds. The second-order valence-corrected chi connectivity index (χ2v) is 5.62. The van der Waals surface area contributed by atoms with E-state index in [1.54, 1.807) is 10.6 Å². The van der Waals surface area contributed by atoms with Crippen LogP contribution in [0.3, 0.4) is 0 Å². The molecular formula is C16H20N2O4. The second kappa shape index (κ2) is 6.79. The quantitative estimate of drug-likeness (QED) is 0.878. The van der Waals surface area contributed by atoms with Crippen LogP contribution in [0.15, 0.2) is 33.5 Å². The average Bonchev–Trinajstić information content (AvgIpc) is 3.13. The fraction of sp³-hybridized carbons (Fsp3) is 0.500. The van der Waals surface area contributed by atoms with E-state index >= 15 is 0 Å². The molecule has 0 bridgehead atoms. The first-order valence-electron chi connectivity index (χ1n) is 7.67. The summed E-state index contributed by atoms with van der Waals surface area (Å²) < 4.78 is 12.0. The Bertz CT molecular complexity index is 697. The zero-order chi connectivity index (χ0) is 15.4. The number of rotatable bonds is 6. The third-order valence-electron chi connectivity index (χ3n) is 3.97. The molecular weight excluding hydrogens is 284 g/mol. The fourth-order valence-electron chi connectivity index (χ4n) is 2.71. The number of benzene rings is 1. The van der Waals surface area contributed by atoms with Gasteiger partial charge in [-0.25, -0.2) is 4.79 Å². The molecule has 2 aromatic rings. The highest BCUT2D eigenvalue weighted by atomic mass is 16.5. The predicted octanol–water partition coefficient (Wildman–Crippen LogP) is 1.53. The first-order chi connectivity index (χ1) is 10.7. The molecule has 1 unspecified atom stereocenters. The number of carbonyl (C=O) groups excluding carboxylic acids is 1. The molecule has 1 aliphatic heterocycles. The van der Waals surface area contributed by atoms with Crippen LogP contribution in [0.4, 0.5) is 0 Å². The molecule has 0 spiro atoms. The van der Waals surface area contributed by atoms with Crippen LogP contribution in [0.5, 0.6) is 0 Å². The number of hydrogen-bond acceptors (Lipinski definition) is 4. The third kappa shape index (κ3) is 3.39. The topological polar surface area (TPSA) is 73.5 Å². The smallest absolute Gasteiger partial charge is 0.408 e. The van der Waals surface area contributed by atoms with E-state index in [9.17, 15) is 9.59 Å². The average molecular weight is 304 g/mol. The zero-order valence-corrected chi connectivity index (χ0v) is 12.4. The van der Waals surface area contributed by atoms with E-state index in [1.165, 1.54) is 0 Å². The van der Waals surface area contributed by atoms with E-state index < -0.39 is 0 Å². The molecule has 3 rings (SSSR count). The third-order valence-corrected chi connectivity index (χ3v) is 3.97. The number of oxazole rings is 1. The summed E-state index contributed by atoms with van der Waals surface area (Å²) in [6.07, 6.45) is 2.02. The minimum absolute atomic E-state index is 0.0211. The second-order valence-electron chi connectivity index (χ2n) is 5.62. The van der Waals surface area contributed by atoms with Crippen molar-refractivity contribution in [1.82, 2.24) is 9.88 Å². The van der Waals surface area contributed by atoms with Gasteiger partial charge in [0.05, 0.1) is 12.1 Å². The number of aromatic nitrogens is 1. The molecule has 0 radical (unpaired) electrons. The van der Waals surface area contributed by atoms with Crippen LogP contribution in [-0.2, 0) is 16.1 Å². The lowest BCUT2D eigenvalue weighted by Gasteiger charge is -2.09. The van der Waals surface area contributed by atoms with Gasteiger partial charge in [-0.1, -0.05) is 12.1 Å². The van der Waals surface area contributed by atoms with Crippen LogP contribution in [0.2, 0.25) is 0 Å². The van der Waals surface area contributed by atoms with Crippen molar-refractivity contribution >= 4 is 17.0 Å². The number of amides is 1. The molecule has 1 aliphatic rings. The minimum Gasteiger partial charge on any atom is -0.408 e. The Labute approximate surface area is 128 Å². The Morgan fingerprint density at radius 3 is 3.05 bits per heavy atom. The van der Waals surface area contributed by atoms with Crippen molar-refractivity contribution in [3.8, 4) is 0 Å². The lowest BCUT2D eigenvalue weighted by atomic mass is 10.1. The molecule has 6 nitrogen and oxygen atoms in total. The van der Waals surface area contributed by atoms with Gasteiger partial charge in [-0.2, -0.15) is 0 Å². The van der Waals surface area contributed by atoms with Gasteiger partial charge in [-0.05, 0) is 25.0 Å². The summed E-state index contributed by atoms with van der Waals surface area (Å²) in [6.45, 7) is 2.68. The summed E-state index contributed by atoms with van der Waals surface area (Å²) in [5, 5.41) is 2.93. The number of para-hydroxylation sites is 2. The molecule has 0 saturated carbocycles. The van der Waals surface area contributed by atoms with Crippen LogP contribution in [-0.4, -0.2) is 30.2 Å². The van der Waals surface area contributed by atoms with Gasteiger partial charge in [-0.3, -0.25) is 9.36 Å². The van der Waals surface area contributed by atoms with Gasteiger partial charge in [0.25, 0.3) is 0 Å². The van der Waals surface area contributed by atoms with Gasteiger partial charge >= 0.3 is 5.76 Å². The molecule has 2 heterocycles. The standard InChI is InChI=1S/C16H20N2O4/c19-15(17-10-12-7-9-21-11-12)6-3-8-18-13-4-1-2-5-14(13)22-16(18)20/h1-2,4-5,12H,3,6-11H2,(H,17,19). The molecule has 118 valence electrons. The number of aryl methyl sites for hydroxylation is 1. The molecule has 6 heteroatoms. The van der Waals surface area contributed by atoms with Crippen LogP contribution in [0.25, 0.3) is 11.1 Å². The van der Waals surface area contributed by atoms with E-state index in [-0.39, 0.29) is 11.7 Å². The molecule has 22 heavy (non-hydrogen) atoms. The van der Waals surface area contributed by atoms with Gasteiger partial charge in [0, 0.05) is 32.0 Å².